The molecule has 0 radical (unpaired) electrons. The van der Waals surface area contributed by atoms with Crippen LogP contribution in [0.3, 0.4) is 0 Å². The first-order valence-corrected chi connectivity index (χ1v) is 8.40. The summed E-state index contributed by atoms with van der Waals surface area (Å²) in [5.74, 6) is 0. The quantitative estimate of drug-likeness (QED) is 0.920. The number of thiazole rings is 1. The summed E-state index contributed by atoms with van der Waals surface area (Å²) in [5, 5.41) is 3.31. The van der Waals surface area contributed by atoms with E-state index in [1.54, 1.807) is 11.3 Å². The normalized spacial score (nSPS) is 13.4. The topological polar surface area (TPSA) is 38.9 Å². The molecule has 0 spiro atoms. The molecule has 2 N–H and O–H groups in total. The molecule has 0 aliphatic rings. The third-order valence-electron chi connectivity index (χ3n) is 3.83. The lowest BCUT2D eigenvalue weighted by Gasteiger charge is -2.14. The summed E-state index contributed by atoms with van der Waals surface area (Å²) in [6, 6.07) is 6.74. The van der Waals surface area contributed by atoms with Gasteiger partial charge in [0.05, 0.1) is 10.7 Å². The van der Waals surface area contributed by atoms with Crippen molar-refractivity contribution in [3.05, 3.63) is 51.0 Å². The highest BCUT2D eigenvalue weighted by Gasteiger charge is 2.18. The van der Waals surface area contributed by atoms with Crippen molar-refractivity contribution in [1.29, 1.82) is 0 Å². The van der Waals surface area contributed by atoms with Crippen molar-refractivity contribution in [2.45, 2.75) is 58.9 Å². The average molecular weight is 302 g/mol. The summed E-state index contributed by atoms with van der Waals surface area (Å²) < 4.78 is 0. The Balaban J connectivity index is 1.99. The first kappa shape index (κ1) is 16.2. The van der Waals surface area contributed by atoms with Crippen molar-refractivity contribution in [2.75, 3.05) is 0 Å². The van der Waals surface area contributed by atoms with Crippen molar-refractivity contribution >= 4 is 11.3 Å². The van der Waals surface area contributed by atoms with Crippen molar-refractivity contribution in [3.63, 3.8) is 0 Å². The number of rotatable bonds is 4. The summed E-state index contributed by atoms with van der Waals surface area (Å²) in [7, 11) is 0. The van der Waals surface area contributed by atoms with Crippen LogP contribution >= 0.6 is 11.3 Å². The van der Waals surface area contributed by atoms with Gasteiger partial charge in [0.25, 0.3) is 0 Å². The van der Waals surface area contributed by atoms with Crippen LogP contribution in [0, 0.1) is 13.8 Å². The number of aromatic nitrogens is 1. The summed E-state index contributed by atoms with van der Waals surface area (Å²) in [5.41, 5.74) is 11.6. The molecule has 0 bridgehead atoms. The minimum absolute atomic E-state index is 0.118. The zero-order valence-electron chi connectivity index (χ0n) is 13.7. The summed E-state index contributed by atoms with van der Waals surface area (Å²) in [4.78, 5) is 4.73. The van der Waals surface area contributed by atoms with Crippen molar-refractivity contribution in [2.24, 2.45) is 5.73 Å². The predicted octanol–water partition coefficient (Wildman–Crippen LogP) is 4.17. The maximum absolute atomic E-state index is 6.31. The van der Waals surface area contributed by atoms with Gasteiger partial charge in [0.1, 0.15) is 0 Å². The van der Waals surface area contributed by atoms with Crippen molar-refractivity contribution in [3.8, 4) is 0 Å². The standard InChI is InChI=1S/C18H26N2S/c1-12-6-7-14(8-13(12)2)9-15(19)10-17-20-16(11-21-17)18(3,4)5/h6-8,11,15H,9-10,19H2,1-5H3. The Morgan fingerprint density at radius 1 is 1.14 bits per heavy atom. The second-order valence-corrected chi connectivity index (χ2v) is 7.91. The Morgan fingerprint density at radius 3 is 2.43 bits per heavy atom. The smallest absolute Gasteiger partial charge is 0.0944 e. The Kier molecular flexibility index (Phi) is 4.84. The highest BCUT2D eigenvalue weighted by atomic mass is 32.1. The molecule has 0 saturated heterocycles. The molecule has 3 heteroatoms. The highest BCUT2D eigenvalue weighted by Crippen LogP contribution is 2.24. The number of benzene rings is 1. The third-order valence-corrected chi connectivity index (χ3v) is 4.70. The Hall–Kier alpha value is -1.19. The van der Waals surface area contributed by atoms with Gasteiger partial charge >= 0.3 is 0 Å². The lowest BCUT2D eigenvalue weighted by atomic mass is 9.93. The van der Waals surface area contributed by atoms with Crippen molar-refractivity contribution in [1.82, 2.24) is 4.98 Å². The maximum atomic E-state index is 6.31. The van der Waals surface area contributed by atoms with E-state index in [1.807, 2.05) is 0 Å². The molecule has 1 aromatic heterocycles. The van der Waals surface area contributed by atoms with Gasteiger partial charge < -0.3 is 5.73 Å². The second-order valence-electron chi connectivity index (χ2n) is 6.96. The third kappa shape index (κ3) is 4.39. The van der Waals surface area contributed by atoms with Gasteiger partial charge in [-0.2, -0.15) is 0 Å². The molecule has 0 amide bonds. The van der Waals surface area contributed by atoms with Crippen LogP contribution in [-0.4, -0.2) is 11.0 Å². The molecule has 114 valence electrons. The van der Waals surface area contributed by atoms with Gasteiger partial charge in [0.15, 0.2) is 0 Å². The minimum Gasteiger partial charge on any atom is -0.327 e. The molecule has 1 aromatic carbocycles. The van der Waals surface area contributed by atoms with Gasteiger partial charge in [0.2, 0.25) is 0 Å². The number of hydrogen-bond acceptors (Lipinski definition) is 3. The van der Waals surface area contributed by atoms with Gasteiger partial charge in [-0.1, -0.05) is 39.0 Å². The van der Waals surface area contributed by atoms with Crippen LogP contribution in [0.1, 0.15) is 48.2 Å². The van der Waals surface area contributed by atoms with Gasteiger partial charge in [0, 0.05) is 23.3 Å². The molecular formula is C18H26N2S. The van der Waals surface area contributed by atoms with Crippen LogP contribution in [0.4, 0.5) is 0 Å². The first-order chi connectivity index (χ1) is 9.75. The number of nitrogens with two attached hydrogens (primary N) is 1. The molecule has 2 rings (SSSR count). The van der Waals surface area contributed by atoms with Crippen LogP contribution in [0.5, 0.6) is 0 Å². The van der Waals surface area contributed by atoms with E-state index in [9.17, 15) is 0 Å². The molecule has 0 aliphatic carbocycles. The lowest BCUT2D eigenvalue weighted by molar-refractivity contribution is 0.567. The monoisotopic (exact) mass is 302 g/mol. The summed E-state index contributed by atoms with van der Waals surface area (Å²) in [6.45, 7) is 10.9. The van der Waals surface area contributed by atoms with Crippen LogP contribution < -0.4 is 5.73 Å². The van der Waals surface area contributed by atoms with E-state index in [0.717, 1.165) is 17.8 Å². The fourth-order valence-electron chi connectivity index (χ4n) is 2.28. The lowest BCUT2D eigenvalue weighted by Crippen LogP contribution is -2.25. The number of nitrogens with zero attached hydrogens (tertiary/aromatic N) is 1. The molecule has 2 nitrogen and oxygen atoms in total. The summed E-state index contributed by atoms with van der Waals surface area (Å²) in [6.07, 6.45) is 1.76. The SMILES string of the molecule is Cc1ccc(CC(N)Cc2nc(C(C)(C)C)cs2)cc1C. The number of hydrogen-bond donors (Lipinski definition) is 1. The van der Waals surface area contributed by atoms with E-state index >= 15 is 0 Å². The van der Waals surface area contributed by atoms with Crippen LogP contribution in [0.2, 0.25) is 0 Å². The van der Waals surface area contributed by atoms with E-state index < -0.39 is 0 Å². The van der Waals surface area contributed by atoms with Crippen LogP contribution in [0.25, 0.3) is 0 Å². The molecule has 0 aliphatic heterocycles. The molecule has 0 fully saturated rings. The molecule has 21 heavy (non-hydrogen) atoms. The Labute approximate surface area is 132 Å². The average Bonchev–Trinajstić information content (AvgIpc) is 2.82. The first-order valence-electron chi connectivity index (χ1n) is 7.52. The Bertz CT molecular complexity index is 608. The van der Waals surface area contributed by atoms with E-state index in [4.69, 9.17) is 10.7 Å². The van der Waals surface area contributed by atoms with Gasteiger partial charge in [-0.3, -0.25) is 0 Å². The predicted molar refractivity (Wildman–Crippen MR) is 92.1 cm³/mol. The van der Waals surface area contributed by atoms with Gasteiger partial charge in [-0.15, -0.1) is 11.3 Å². The fraction of sp³-hybridized carbons (Fsp3) is 0.500. The van der Waals surface area contributed by atoms with Crippen LogP contribution in [0.15, 0.2) is 23.6 Å². The zero-order valence-corrected chi connectivity index (χ0v) is 14.6. The number of aryl methyl sites for hydroxylation is 2. The van der Waals surface area contributed by atoms with E-state index in [-0.39, 0.29) is 11.5 Å². The zero-order chi connectivity index (χ0) is 15.6. The largest absolute Gasteiger partial charge is 0.327 e. The van der Waals surface area contributed by atoms with E-state index in [1.165, 1.54) is 22.4 Å². The van der Waals surface area contributed by atoms with Crippen molar-refractivity contribution < 1.29 is 0 Å². The molecule has 0 saturated carbocycles. The molecule has 1 atom stereocenters. The second kappa shape index (κ2) is 6.29. The van der Waals surface area contributed by atoms with E-state index in [0.29, 0.717) is 0 Å². The summed E-state index contributed by atoms with van der Waals surface area (Å²) >= 11 is 1.73. The minimum atomic E-state index is 0.118. The van der Waals surface area contributed by atoms with Gasteiger partial charge in [-0.05, 0) is 37.0 Å². The maximum Gasteiger partial charge on any atom is 0.0944 e. The molecule has 1 heterocycles. The molecular weight excluding hydrogens is 276 g/mol. The van der Waals surface area contributed by atoms with E-state index in [2.05, 4.69) is 58.2 Å². The van der Waals surface area contributed by atoms with Crippen LogP contribution in [-0.2, 0) is 18.3 Å². The molecule has 1 unspecified atom stereocenters. The fourth-order valence-corrected chi connectivity index (χ4v) is 3.39. The highest BCUT2D eigenvalue weighted by molar-refractivity contribution is 7.09. The van der Waals surface area contributed by atoms with Gasteiger partial charge in [-0.25, -0.2) is 4.98 Å². The molecule has 2 aromatic rings. The Morgan fingerprint density at radius 2 is 1.86 bits per heavy atom.